The third-order valence-electron chi connectivity index (χ3n) is 6.31. The van der Waals surface area contributed by atoms with Gasteiger partial charge >= 0.3 is 5.97 Å². The first-order chi connectivity index (χ1) is 22.3. The lowest BCUT2D eigenvalue weighted by molar-refractivity contribution is -0.145. The zero-order valence-electron chi connectivity index (χ0n) is 28.7. The maximum absolute atomic E-state index is 13.5. The molecule has 1 aliphatic heterocycles. The minimum absolute atomic E-state index is 0.0424. The first-order valence-electron chi connectivity index (χ1n) is 15.6. The average Bonchev–Trinajstić information content (AvgIpc) is 3.29. The molecule has 0 saturated carbocycles. The SMILES string of the molecule is C[C@H](CC(=O)[C@H](CSSC(C)(C)C)NC(=O)[C@H](CN)N1C(=O)C=CC1=O)C(=O)N[C@@H](CSSC(C)(C)C)C(=O)CCCOCCC(=O)O. The summed E-state index contributed by atoms with van der Waals surface area (Å²) in [6, 6.07) is -3.17. The van der Waals surface area contributed by atoms with E-state index in [1.54, 1.807) is 17.7 Å². The molecule has 13 nitrogen and oxygen atoms in total. The highest BCUT2D eigenvalue weighted by Crippen LogP contribution is 2.36. The van der Waals surface area contributed by atoms with Crippen LogP contribution in [0.5, 0.6) is 0 Å². The Morgan fingerprint density at radius 1 is 0.833 bits per heavy atom. The molecule has 0 radical (unpaired) electrons. The van der Waals surface area contributed by atoms with Crippen molar-refractivity contribution in [3.8, 4) is 0 Å². The second kappa shape index (κ2) is 21.2. The molecule has 5 N–H and O–H groups in total. The van der Waals surface area contributed by atoms with Crippen LogP contribution in [0.3, 0.4) is 0 Å². The van der Waals surface area contributed by atoms with Gasteiger partial charge in [0, 0.05) is 65.1 Å². The number of aliphatic carboxylic acids is 1. The first-order valence-corrected chi connectivity index (χ1v) is 20.2. The predicted molar refractivity (Wildman–Crippen MR) is 193 cm³/mol. The zero-order chi connectivity index (χ0) is 36.7. The van der Waals surface area contributed by atoms with E-state index in [0.29, 0.717) is 12.2 Å². The Morgan fingerprint density at radius 2 is 1.33 bits per heavy atom. The van der Waals surface area contributed by atoms with Gasteiger partial charge in [-0.15, -0.1) is 0 Å². The van der Waals surface area contributed by atoms with Gasteiger partial charge in [-0.3, -0.25) is 38.5 Å². The first kappa shape index (κ1) is 44.0. The Labute approximate surface area is 299 Å². The highest BCUT2D eigenvalue weighted by Gasteiger charge is 2.37. The van der Waals surface area contributed by atoms with Gasteiger partial charge in [-0.1, -0.05) is 91.6 Å². The lowest BCUT2D eigenvalue weighted by Gasteiger charge is -2.27. The summed E-state index contributed by atoms with van der Waals surface area (Å²) in [7, 11) is 5.90. The summed E-state index contributed by atoms with van der Waals surface area (Å²) in [5.74, 6) is -4.60. The Kier molecular flexibility index (Phi) is 19.4. The van der Waals surface area contributed by atoms with Crippen LogP contribution in [0, 0.1) is 5.92 Å². The number of hydrogen-bond acceptors (Lipinski definition) is 13. The lowest BCUT2D eigenvalue weighted by atomic mass is 9.99. The second-order valence-corrected chi connectivity index (χ2v) is 19.4. The van der Waals surface area contributed by atoms with E-state index >= 15 is 0 Å². The minimum atomic E-state index is -1.31. The molecule has 17 heteroatoms. The summed E-state index contributed by atoms with van der Waals surface area (Å²) >= 11 is 0. The van der Waals surface area contributed by atoms with Crippen molar-refractivity contribution in [2.45, 2.75) is 102 Å². The molecule has 0 aromatic heterocycles. The molecule has 272 valence electrons. The van der Waals surface area contributed by atoms with Crippen LogP contribution >= 0.6 is 43.2 Å². The van der Waals surface area contributed by atoms with Crippen molar-refractivity contribution in [1.82, 2.24) is 15.5 Å². The highest BCUT2D eigenvalue weighted by atomic mass is 33.1. The molecule has 1 rings (SSSR count). The van der Waals surface area contributed by atoms with Crippen molar-refractivity contribution in [1.29, 1.82) is 0 Å². The number of carbonyl (C=O) groups excluding carboxylic acids is 6. The molecule has 0 fully saturated rings. The van der Waals surface area contributed by atoms with Crippen LogP contribution in [-0.2, 0) is 38.3 Å². The van der Waals surface area contributed by atoms with E-state index in [1.165, 1.54) is 32.4 Å². The molecule has 1 aliphatic rings. The third-order valence-corrected chi connectivity index (χ3v) is 13.0. The van der Waals surface area contributed by atoms with Crippen LogP contribution in [0.2, 0.25) is 0 Å². The van der Waals surface area contributed by atoms with Crippen LogP contribution in [0.25, 0.3) is 0 Å². The number of nitrogens with two attached hydrogens (primary N) is 1. The molecule has 4 atom stereocenters. The molecule has 1 heterocycles. The summed E-state index contributed by atoms with van der Waals surface area (Å²) in [4.78, 5) is 89.0. The number of nitrogens with one attached hydrogen (secondary N) is 2. The highest BCUT2D eigenvalue weighted by molar-refractivity contribution is 8.77. The molecule has 0 bridgehead atoms. The Hall–Kier alpha value is -2.05. The second-order valence-electron chi connectivity index (χ2n) is 13.1. The topological polar surface area (TPSA) is 202 Å². The van der Waals surface area contributed by atoms with Gasteiger partial charge in [0.25, 0.3) is 11.8 Å². The zero-order valence-corrected chi connectivity index (χ0v) is 32.0. The Balaban J connectivity index is 2.97. The number of ether oxygens (including phenoxy) is 1. The maximum atomic E-state index is 13.5. The van der Waals surface area contributed by atoms with Crippen LogP contribution in [-0.4, -0.2) is 110 Å². The van der Waals surface area contributed by atoms with E-state index in [2.05, 4.69) is 10.6 Å². The largest absolute Gasteiger partial charge is 0.481 e. The van der Waals surface area contributed by atoms with Crippen molar-refractivity contribution in [3.63, 3.8) is 0 Å². The number of carbonyl (C=O) groups is 7. The quantitative estimate of drug-likeness (QED) is 0.0674. The summed E-state index contributed by atoms with van der Waals surface area (Å²) in [6.07, 6.45) is 2.19. The minimum Gasteiger partial charge on any atom is -0.481 e. The van der Waals surface area contributed by atoms with Crippen molar-refractivity contribution < 1.29 is 43.4 Å². The number of hydrogen-bond donors (Lipinski definition) is 4. The van der Waals surface area contributed by atoms with E-state index in [0.717, 1.165) is 17.1 Å². The summed E-state index contributed by atoms with van der Waals surface area (Å²) in [6.45, 7) is 13.5. The number of carboxylic acids is 1. The molecule has 0 unspecified atom stereocenters. The smallest absolute Gasteiger partial charge is 0.305 e. The van der Waals surface area contributed by atoms with Crippen LogP contribution in [0.4, 0.5) is 0 Å². The number of nitrogens with zero attached hydrogens (tertiary/aromatic N) is 1. The molecule has 0 saturated heterocycles. The average molecular weight is 751 g/mol. The van der Waals surface area contributed by atoms with Crippen molar-refractivity contribution in [2.75, 3.05) is 31.3 Å². The standard InChI is InChI=1S/C31H50N4O9S4/c1-19(28(42)33-20(17-45-47-30(2,3)4)23(36)9-8-13-44-14-12-27(40)41)15-24(37)21(18-46-48-31(5,6)7)34-29(43)22(16-32)35-25(38)10-11-26(35)39/h10-11,19-22H,8-9,12-18,32H2,1-7H3,(H,33,42)(H,34,43)(H,40,41)/t19-,20+,21+,22+/m1/s1. The Morgan fingerprint density at radius 3 is 1.81 bits per heavy atom. The number of Topliss-reactive ketones (excluding diaryl/α,β-unsaturated/α-hetero) is 2. The lowest BCUT2D eigenvalue weighted by Crippen LogP contribution is -2.56. The summed E-state index contributed by atoms with van der Waals surface area (Å²) in [5.41, 5.74) is 5.76. The van der Waals surface area contributed by atoms with Crippen LogP contribution in [0.15, 0.2) is 12.2 Å². The molecule has 0 aromatic rings. The number of rotatable bonds is 23. The van der Waals surface area contributed by atoms with E-state index in [4.69, 9.17) is 15.6 Å². The van der Waals surface area contributed by atoms with Crippen molar-refractivity contribution in [3.05, 3.63) is 12.2 Å². The van der Waals surface area contributed by atoms with Gasteiger partial charge < -0.3 is 26.2 Å². The van der Waals surface area contributed by atoms with E-state index in [1.807, 2.05) is 41.5 Å². The fraction of sp³-hybridized carbons (Fsp3) is 0.710. The van der Waals surface area contributed by atoms with Gasteiger partial charge in [0.05, 0.1) is 25.1 Å². The van der Waals surface area contributed by atoms with E-state index in [-0.39, 0.29) is 60.1 Å². The van der Waals surface area contributed by atoms with Gasteiger partial charge in [0.1, 0.15) is 6.04 Å². The molecule has 4 amide bonds. The monoisotopic (exact) mass is 750 g/mol. The van der Waals surface area contributed by atoms with Gasteiger partial charge in [-0.25, -0.2) is 0 Å². The van der Waals surface area contributed by atoms with Gasteiger partial charge in [0.2, 0.25) is 11.8 Å². The van der Waals surface area contributed by atoms with Gasteiger partial charge in [0.15, 0.2) is 11.6 Å². The molecule has 48 heavy (non-hydrogen) atoms. The molecule has 0 spiro atoms. The number of amides is 4. The molecule has 0 aromatic carbocycles. The van der Waals surface area contributed by atoms with Crippen LogP contribution in [0.1, 0.15) is 74.1 Å². The summed E-state index contributed by atoms with van der Waals surface area (Å²) < 4.78 is 5.04. The summed E-state index contributed by atoms with van der Waals surface area (Å²) in [5, 5.41) is 14.2. The van der Waals surface area contributed by atoms with E-state index < -0.39 is 59.4 Å². The number of carboxylic acid groups (broad SMARTS) is 1. The number of imide groups is 1. The molecule has 0 aliphatic carbocycles. The normalized spacial score (nSPS) is 16.0. The number of ketones is 2. The van der Waals surface area contributed by atoms with Crippen molar-refractivity contribution in [2.24, 2.45) is 11.7 Å². The fourth-order valence-electron chi connectivity index (χ4n) is 3.94. The van der Waals surface area contributed by atoms with Gasteiger partial charge in [-0.05, 0) is 6.42 Å². The third kappa shape index (κ3) is 17.6. The van der Waals surface area contributed by atoms with Crippen molar-refractivity contribution >= 4 is 84.3 Å². The predicted octanol–water partition coefficient (Wildman–Crippen LogP) is 3.00. The fourth-order valence-corrected chi connectivity index (χ4v) is 8.94. The Bertz CT molecular complexity index is 1170. The molecular weight excluding hydrogens is 701 g/mol. The molecular formula is C31H50N4O9S4. The van der Waals surface area contributed by atoms with Gasteiger partial charge in [-0.2, -0.15) is 0 Å². The van der Waals surface area contributed by atoms with Crippen LogP contribution < -0.4 is 16.4 Å². The maximum Gasteiger partial charge on any atom is 0.305 e. The van der Waals surface area contributed by atoms with E-state index in [9.17, 15) is 33.6 Å².